The van der Waals surface area contributed by atoms with Crippen molar-refractivity contribution in [3.8, 4) is 0 Å². The fourth-order valence-electron chi connectivity index (χ4n) is 1.69. The molecule has 0 unspecified atom stereocenters. The molecule has 0 radical (unpaired) electrons. The van der Waals surface area contributed by atoms with Crippen molar-refractivity contribution in [1.82, 2.24) is 0 Å². The minimum Gasteiger partial charge on any atom is -0.299 e. The van der Waals surface area contributed by atoms with Crippen molar-refractivity contribution in [1.29, 1.82) is 0 Å². The Bertz CT molecular complexity index is 306. The molecule has 0 saturated heterocycles. The summed E-state index contributed by atoms with van der Waals surface area (Å²) in [5, 5.41) is 0. The predicted octanol–water partition coefficient (Wildman–Crippen LogP) is 3.22. The quantitative estimate of drug-likeness (QED) is 0.712. The van der Waals surface area contributed by atoms with Gasteiger partial charge in [-0.05, 0) is 37.0 Å². The minimum atomic E-state index is 0.352. The molecule has 0 aromatic heterocycles. The van der Waals surface area contributed by atoms with Crippen molar-refractivity contribution >= 4 is 5.78 Å². The third kappa shape index (κ3) is 2.69. The van der Waals surface area contributed by atoms with Crippen LogP contribution in [-0.2, 0) is 11.2 Å². The van der Waals surface area contributed by atoms with E-state index in [1.54, 1.807) is 0 Å². The summed E-state index contributed by atoms with van der Waals surface area (Å²) in [6.45, 7) is 6.19. The lowest BCUT2D eigenvalue weighted by Crippen LogP contribution is -2.05. The van der Waals surface area contributed by atoms with Crippen molar-refractivity contribution in [3.63, 3.8) is 0 Å². The van der Waals surface area contributed by atoms with E-state index in [9.17, 15) is 4.79 Å². The second kappa shape index (κ2) is 4.94. The molecule has 0 fully saturated rings. The van der Waals surface area contributed by atoms with Gasteiger partial charge in [0.1, 0.15) is 5.78 Å². The van der Waals surface area contributed by atoms with Crippen molar-refractivity contribution in [3.05, 3.63) is 34.9 Å². The average molecular weight is 190 g/mol. The van der Waals surface area contributed by atoms with Gasteiger partial charge in [-0.15, -0.1) is 0 Å². The number of hydrogen-bond donors (Lipinski definition) is 0. The zero-order valence-corrected chi connectivity index (χ0v) is 9.26. The van der Waals surface area contributed by atoms with Crippen LogP contribution in [0.2, 0.25) is 0 Å². The molecule has 1 aromatic rings. The van der Waals surface area contributed by atoms with E-state index < -0.39 is 0 Å². The fraction of sp³-hybridized carbons (Fsp3) is 0.462. The van der Waals surface area contributed by atoms with Crippen LogP contribution in [0.4, 0.5) is 0 Å². The van der Waals surface area contributed by atoms with Gasteiger partial charge >= 0.3 is 0 Å². The first-order valence-corrected chi connectivity index (χ1v) is 5.22. The van der Waals surface area contributed by atoms with Gasteiger partial charge < -0.3 is 0 Å². The maximum Gasteiger partial charge on any atom is 0.137 e. The lowest BCUT2D eigenvalue weighted by Gasteiger charge is -2.08. The first kappa shape index (κ1) is 11.0. The molecule has 1 heteroatoms. The van der Waals surface area contributed by atoms with E-state index in [1.807, 2.05) is 13.0 Å². The maximum absolute atomic E-state index is 11.5. The summed E-state index contributed by atoms with van der Waals surface area (Å²) in [5.41, 5.74) is 3.68. The molecule has 14 heavy (non-hydrogen) atoms. The van der Waals surface area contributed by atoms with E-state index in [4.69, 9.17) is 0 Å². The summed E-state index contributed by atoms with van der Waals surface area (Å²) in [7, 11) is 0. The van der Waals surface area contributed by atoms with E-state index in [0.717, 1.165) is 6.42 Å². The molecule has 0 bridgehead atoms. The molecule has 0 aliphatic carbocycles. The maximum atomic E-state index is 11.5. The summed E-state index contributed by atoms with van der Waals surface area (Å²) < 4.78 is 0. The van der Waals surface area contributed by atoms with E-state index in [-0.39, 0.29) is 0 Å². The summed E-state index contributed by atoms with van der Waals surface area (Å²) in [6, 6.07) is 6.18. The lowest BCUT2D eigenvalue weighted by atomic mass is 9.97. The topological polar surface area (TPSA) is 17.1 Å². The molecule has 0 aliphatic heterocycles. The van der Waals surface area contributed by atoms with Gasteiger partial charge in [0.25, 0.3) is 0 Å². The lowest BCUT2D eigenvalue weighted by molar-refractivity contribution is -0.118. The van der Waals surface area contributed by atoms with Crippen LogP contribution in [0.15, 0.2) is 18.2 Å². The third-order valence-corrected chi connectivity index (χ3v) is 2.55. The van der Waals surface area contributed by atoms with Crippen LogP contribution in [0.25, 0.3) is 0 Å². The Balaban J connectivity index is 2.80. The summed E-state index contributed by atoms with van der Waals surface area (Å²) in [5.74, 6) is 0.352. The molecule has 0 N–H and O–H groups in total. The van der Waals surface area contributed by atoms with Crippen molar-refractivity contribution < 1.29 is 4.79 Å². The zero-order valence-electron chi connectivity index (χ0n) is 9.26. The van der Waals surface area contributed by atoms with Gasteiger partial charge in [0.15, 0.2) is 0 Å². The van der Waals surface area contributed by atoms with Crippen LogP contribution >= 0.6 is 0 Å². The number of aryl methyl sites for hydroxylation is 2. The Kier molecular flexibility index (Phi) is 3.87. The number of ketones is 1. The molecule has 0 aliphatic rings. The van der Waals surface area contributed by atoms with Gasteiger partial charge in [0, 0.05) is 12.8 Å². The second-order valence-corrected chi connectivity index (χ2v) is 3.84. The minimum absolute atomic E-state index is 0.352. The molecule has 0 spiro atoms. The molecule has 0 heterocycles. The highest BCUT2D eigenvalue weighted by atomic mass is 16.1. The van der Waals surface area contributed by atoms with Crippen LogP contribution in [0, 0.1) is 13.8 Å². The van der Waals surface area contributed by atoms with E-state index in [2.05, 4.69) is 26.0 Å². The van der Waals surface area contributed by atoms with Crippen LogP contribution in [-0.4, -0.2) is 5.78 Å². The van der Waals surface area contributed by atoms with Crippen LogP contribution < -0.4 is 0 Å². The number of carbonyl (C=O) groups excluding carboxylic acids is 1. The molecule has 1 nitrogen and oxygen atoms in total. The highest BCUT2D eigenvalue weighted by molar-refractivity contribution is 5.81. The average Bonchev–Trinajstić information content (AvgIpc) is 2.12. The summed E-state index contributed by atoms with van der Waals surface area (Å²) in [4.78, 5) is 11.5. The first-order chi connectivity index (χ1) is 6.65. The monoisotopic (exact) mass is 190 g/mol. The number of benzene rings is 1. The number of Topliss-reactive ketones (excluding diaryl/α,β-unsaturated/α-hetero) is 1. The Labute approximate surface area is 86.1 Å². The Morgan fingerprint density at radius 2 is 1.79 bits per heavy atom. The standard InChI is InChI=1S/C13H18O/c1-4-6-12(14)9-13-10(2)7-5-8-11(13)3/h5,7-8H,4,6,9H2,1-3H3. The number of carbonyl (C=O) groups is 1. The Hall–Kier alpha value is -1.11. The van der Waals surface area contributed by atoms with Crippen LogP contribution in [0.5, 0.6) is 0 Å². The van der Waals surface area contributed by atoms with E-state index in [0.29, 0.717) is 18.6 Å². The van der Waals surface area contributed by atoms with Gasteiger partial charge in [0.2, 0.25) is 0 Å². The third-order valence-electron chi connectivity index (χ3n) is 2.55. The number of rotatable bonds is 4. The molecule has 0 saturated carbocycles. The first-order valence-electron chi connectivity index (χ1n) is 5.22. The molecule has 76 valence electrons. The largest absolute Gasteiger partial charge is 0.299 e. The summed E-state index contributed by atoms with van der Waals surface area (Å²) in [6.07, 6.45) is 2.25. The summed E-state index contributed by atoms with van der Waals surface area (Å²) >= 11 is 0. The highest BCUT2D eigenvalue weighted by Gasteiger charge is 2.07. The number of hydrogen-bond acceptors (Lipinski definition) is 1. The van der Waals surface area contributed by atoms with Crippen LogP contribution in [0.3, 0.4) is 0 Å². The van der Waals surface area contributed by atoms with Crippen molar-refractivity contribution in [2.45, 2.75) is 40.0 Å². The molecular formula is C13H18O. The van der Waals surface area contributed by atoms with Gasteiger partial charge in [-0.25, -0.2) is 0 Å². The predicted molar refractivity (Wildman–Crippen MR) is 59.5 cm³/mol. The fourth-order valence-corrected chi connectivity index (χ4v) is 1.69. The van der Waals surface area contributed by atoms with Gasteiger partial charge in [-0.1, -0.05) is 25.1 Å². The van der Waals surface area contributed by atoms with Gasteiger partial charge in [0.05, 0.1) is 0 Å². The highest BCUT2D eigenvalue weighted by Crippen LogP contribution is 2.14. The van der Waals surface area contributed by atoms with E-state index >= 15 is 0 Å². The molecular weight excluding hydrogens is 172 g/mol. The zero-order chi connectivity index (χ0) is 10.6. The SMILES string of the molecule is CCCC(=O)Cc1c(C)cccc1C. The van der Waals surface area contributed by atoms with E-state index in [1.165, 1.54) is 16.7 Å². The van der Waals surface area contributed by atoms with Crippen molar-refractivity contribution in [2.75, 3.05) is 0 Å². The molecule has 0 amide bonds. The van der Waals surface area contributed by atoms with Gasteiger partial charge in [-0.3, -0.25) is 4.79 Å². The Morgan fingerprint density at radius 3 is 2.29 bits per heavy atom. The molecule has 0 atom stereocenters. The van der Waals surface area contributed by atoms with Crippen molar-refractivity contribution in [2.24, 2.45) is 0 Å². The van der Waals surface area contributed by atoms with Crippen LogP contribution in [0.1, 0.15) is 36.5 Å². The molecule has 1 rings (SSSR count). The second-order valence-electron chi connectivity index (χ2n) is 3.84. The smallest absolute Gasteiger partial charge is 0.137 e. The van der Waals surface area contributed by atoms with Gasteiger partial charge in [-0.2, -0.15) is 0 Å². The molecule has 1 aromatic carbocycles. The normalized spacial score (nSPS) is 10.2. The Morgan fingerprint density at radius 1 is 1.21 bits per heavy atom.